The molecule has 0 spiro atoms. The van der Waals surface area contributed by atoms with Crippen LogP contribution in [0.4, 0.5) is 0 Å². The molecule has 0 aromatic rings. The van der Waals surface area contributed by atoms with E-state index in [1.807, 2.05) is 6.92 Å². The Kier molecular flexibility index (Phi) is 9.27. The maximum absolute atomic E-state index is 12.3. The van der Waals surface area contributed by atoms with Crippen LogP contribution in [0.3, 0.4) is 0 Å². The Morgan fingerprint density at radius 1 is 1.09 bits per heavy atom. The molecule has 23 heavy (non-hydrogen) atoms. The molecule has 1 aliphatic heterocycles. The fourth-order valence-corrected chi connectivity index (χ4v) is 3.27. The minimum atomic E-state index is -0.435. The van der Waals surface area contributed by atoms with Crippen LogP contribution in [0.2, 0.25) is 0 Å². The summed E-state index contributed by atoms with van der Waals surface area (Å²) in [5.41, 5.74) is 0. The predicted molar refractivity (Wildman–Crippen MR) is 92.9 cm³/mol. The second-order valence-electron chi connectivity index (χ2n) is 6.94. The van der Waals surface area contributed by atoms with E-state index in [1.165, 1.54) is 38.5 Å². The van der Waals surface area contributed by atoms with Crippen LogP contribution in [-0.2, 0) is 14.3 Å². The van der Waals surface area contributed by atoms with Gasteiger partial charge in [-0.3, -0.25) is 9.69 Å². The number of hydrogen-bond donors (Lipinski definition) is 0. The second kappa shape index (κ2) is 10.7. The van der Waals surface area contributed by atoms with E-state index in [1.54, 1.807) is 11.8 Å². The van der Waals surface area contributed by atoms with Gasteiger partial charge in [0.15, 0.2) is 6.23 Å². The van der Waals surface area contributed by atoms with Gasteiger partial charge in [-0.15, -0.1) is 0 Å². The van der Waals surface area contributed by atoms with Crippen molar-refractivity contribution in [2.75, 3.05) is 0 Å². The van der Waals surface area contributed by atoms with Crippen LogP contribution in [0, 0.1) is 5.92 Å². The van der Waals surface area contributed by atoms with Gasteiger partial charge in [-0.2, -0.15) is 0 Å². The molecule has 1 fully saturated rings. The van der Waals surface area contributed by atoms with Gasteiger partial charge in [-0.25, -0.2) is 4.79 Å². The van der Waals surface area contributed by atoms with Crippen LogP contribution in [-0.4, -0.2) is 29.0 Å². The molecule has 0 saturated carbocycles. The number of unbranched alkanes of at least 4 members (excludes halogenated alkanes) is 6. The summed E-state index contributed by atoms with van der Waals surface area (Å²) in [5, 5.41) is 0. The largest absolute Gasteiger partial charge is 0.440 e. The zero-order valence-corrected chi connectivity index (χ0v) is 15.5. The fraction of sp³-hybridized carbons (Fsp3) is 0.895. The lowest BCUT2D eigenvalue weighted by atomic mass is 9.99. The van der Waals surface area contributed by atoms with E-state index in [-0.39, 0.29) is 24.0 Å². The Bertz CT molecular complexity index is 370. The summed E-state index contributed by atoms with van der Waals surface area (Å²) in [6.45, 7) is 8.09. The molecule has 1 amide bonds. The summed E-state index contributed by atoms with van der Waals surface area (Å²) in [6, 6.07) is -0.435. The van der Waals surface area contributed by atoms with Crippen molar-refractivity contribution >= 4 is 11.9 Å². The van der Waals surface area contributed by atoms with Crippen LogP contribution in [0.25, 0.3) is 0 Å². The van der Waals surface area contributed by atoms with Crippen LogP contribution in [0.5, 0.6) is 0 Å². The van der Waals surface area contributed by atoms with Crippen molar-refractivity contribution in [2.45, 2.75) is 104 Å². The van der Waals surface area contributed by atoms with Gasteiger partial charge in [0.2, 0.25) is 5.91 Å². The van der Waals surface area contributed by atoms with Gasteiger partial charge in [0.25, 0.3) is 0 Å². The lowest BCUT2D eigenvalue weighted by molar-refractivity contribution is -0.147. The zero-order chi connectivity index (χ0) is 17.2. The normalized spacial score (nSPS) is 22.3. The van der Waals surface area contributed by atoms with Crippen LogP contribution < -0.4 is 0 Å². The first-order valence-electron chi connectivity index (χ1n) is 9.54. The van der Waals surface area contributed by atoms with Crippen molar-refractivity contribution in [3.8, 4) is 0 Å². The maximum atomic E-state index is 12.3. The lowest BCUT2D eigenvalue weighted by Gasteiger charge is -2.29. The number of hydrogen-bond acceptors (Lipinski definition) is 3. The molecule has 1 rings (SSSR count). The van der Waals surface area contributed by atoms with Crippen LogP contribution in [0.15, 0.2) is 0 Å². The SMILES string of the molecule is CCCCCCCCCC(C)C1OC(=O)C(C)N1C(=O)CCC. The third kappa shape index (κ3) is 6.15. The van der Waals surface area contributed by atoms with Gasteiger partial charge < -0.3 is 4.74 Å². The number of rotatable bonds is 11. The van der Waals surface area contributed by atoms with Gasteiger partial charge in [-0.1, -0.05) is 65.7 Å². The Morgan fingerprint density at radius 3 is 2.30 bits per heavy atom. The van der Waals surface area contributed by atoms with Gasteiger partial charge in [0.1, 0.15) is 6.04 Å². The summed E-state index contributed by atoms with van der Waals surface area (Å²) >= 11 is 0. The molecule has 4 nitrogen and oxygen atoms in total. The van der Waals surface area contributed by atoms with E-state index in [0.717, 1.165) is 19.3 Å². The molecular weight excluding hydrogens is 290 g/mol. The Hall–Kier alpha value is -1.06. The van der Waals surface area contributed by atoms with Gasteiger partial charge >= 0.3 is 5.97 Å². The number of cyclic esters (lactones) is 1. The number of ether oxygens (including phenoxy) is 1. The van der Waals surface area contributed by atoms with Crippen molar-refractivity contribution in [3.63, 3.8) is 0 Å². The molecule has 0 aromatic carbocycles. The molecule has 4 heteroatoms. The Morgan fingerprint density at radius 2 is 1.70 bits per heavy atom. The molecule has 0 radical (unpaired) electrons. The maximum Gasteiger partial charge on any atom is 0.330 e. The van der Waals surface area contributed by atoms with Gasteiger partial charge in [0.05, 0.1) is 0 Å². The molecule has 1 saturated heterocycles. The molecular formula is C19H35NO3. The minimum Gasteiger partial charge on any atom is -0.440 e. The van der Waals surface area contributed by atoms with Crippen LogP contribution in [0.1, 0.15) is 91.9 Å². The average molecular weight is 325 g/mol. The average Bonchev–Trinajstić information content (AvgIpc) is 2.82. The van der Waals surface area contributed by atoms with Gasteiger partial charge in [-0.05, 0) is 19.8 Å². The van der Waals surface area contributed by atoms with E-state index in [0.29, 0.717) is 6.42 Å². The first-order chi connectivity index (χ1) is 11.0. The standard InChI is InChI=1S/C19H35NO3/c1-5-7-8-9-10-11-12-14-15(3)18-20(17(21)13-6-2)16(4)19(22)23-18/h15-16,18H,5-14H2,1-4H3. The van der Waals surface area contributed by atoms with E-state index >= 15 is 0 Å². The van der Waals surface area contributed by atoms with E-state index in [9.17, 15) is 9.59 Å². The van der Waals surface area contributed by atoms with E-state index < -0.39 is 6.04 Å². The zero-order valence-electron chi connectivity index (χ0n) is 15.5. The summed E-state index contributed by atoms with van der Waals surface area (Å²) < 4.78 is 5.49. The highest BCUT2D eigenvalue weighted by Crippen LogP contribution is 2.28. The number of carbonyl (C=O) groups is 2. The topological polar surface area (TPSA) is 46.6 Å². The highest BCUT2D eigenvalue weighted by atomic mass is 16.6. The highest BCUT2D eigenvalue weighted by Gasteiger charge is 2.43. The quantitative estimate of drug-likeness (QED) is 0.410. The molecule has 134 valence electrons. The van der Waals surface area contributed by atoms with Crippen molar-refractivity contribution in [3.05, 3.63) is 0 Å². The molecule has 0 aromatic heterocycles. The van der Waals surface area contributed by atoms with E-state index in [2.05, 4.69) is 13.8 Å². The lowest BCUT2D eigenvalue weighted by Crippen LogP contribution is -2.43. The second-order valence-corrected chi connectivity index (χ2v) is 6.94. The number of carbonyl (C=O) groups excluding carboxylic acids is 2. The number of esters is 1. The molecule has 0 aliphatic carbocycles. The summed E-state index contributed by atoms with van der Waals surface area (Å²) in [6.07, 6.45) is 10.9. The third-order valence-electron chi connectivity index (χ3n) is 4.77. The molecule has 3 atom stereocenters. The molecule has 1 heterocycles. The predicted octanol–water partition coefficient (Wildman–Crippen LogP) is 4.66. The monoisotopic (exact) mass is 325 g/mol. The molecule has 0 bridgehead atoms. The first kappa shape index (κ1) is 20.0. The van der Waals surface area contributed by atoms with Crippen molar-refractivity contribution < 1.29 is 14.3 Å². The van der Waals surface area contributed by atoms with E-state index in [4.69, 9.17) is 4.74 Å². The fourth-order valence-electron chi connectivity index (χ4n) is 3.27. The number of amides is 1. The first-order valence-corrected chi connectivity index (χ1v) is 9.54. The van der Waals surface area contributed by atoms with Crippen molar-refractivity contribution in [2.24, 2.45) is 5.92 Å². The highest BCUT2D eigenvalue weighted by molar-refractivity contribution is 5.87. The molecule has 3 unspecified atom stereocenters. The third-order valence-corrected chi connectivity index (χ3v) is 4.77. The summed E-state index contributed by atoms with van der Waals surface area (Å²) in [5.74, 6) is -0.00603. The smallest absolute Gasteiger partial charge is 0.330 e. The van der Waals surface area contributed by atoms with Crippen molar-refractivity contribution in [1.29, 1.82) is 0 Å². The summed E-state index contributed by atoms with van der Waals surface area (Å²) in [4.78, 5) is 25.8. The summed E-state index contributed by atoms with van der Waals surface area (Å²) in [7, 11) is 0. The van der Waals surface area contributed by atoms with Crippen LogP contribution >= 0.6 is 0 Å². The Balaban J connectivity index is 2.39. The number of nitrogens with zero attached hydrogens (tertiary/aromatic N) is 1. The van der Waals surface area contributed by atoms with Crippen molar-refractivity contribution in [1.82, 2.24) is 4.90 Å². The molecule has 0 N–H and O–H groups in total. The van der Waals surface area contributed by atoms with Gasteiger partial charge in [0, 0.05) is 12.3 Å². The Labute approximate surface area is 141 Å². The minimum absolute atomic E-state index is 0.0438. The molecule has 1 aliphatic rings.